The van der Waals surface area contributed by atoms with Gasteiger partial charge in [-0.15, -0.1) is 0 Å². The van der Waals surface area contributed by atoms with E-state index in [1.807, 2.05) is 18.2 Å². The molecular weight excluding hydrogens is 288 g/mol. The smallest absolute Gasteiger partial charge is 0.123 e. The van der Waals surface area contributed by atoms with Crippen molar-refractivity contribution in [3.8, 4) is 5.75 Å². The molecular formula is C15H24N2O3S. The van der Waals surface area contributed by atoms with Gasteiger partial charge in [-0.2, -0.15) is 0 Å². The van der Waals surface area contributed by atoms with Crippen LogP contribution in [0.25, 0.3) is 0 Å². The van der Waals surface area contributed by atoms with Crippen LogP contribution in [0.3, 0.4) is 0 Å². The van der Waals surface area contributed by atoms with Gasteiger partial charge in [0.2, 0.25) is 0 Å². The summed E-state index contributed by atoms with van der Waals surface area (Å²) in [6, 6.07) is 5.75. The van der Waals surface area contributed by atoms with E-state index < -0.39 is 0 Å². The lowest BCUT2D eigenvalue weighted by Gasteiger charge is -2.23. The van der Waals surface area contributed by atoms with E-state index in [1.165, 1.54) is 0 Å². The summed E-state index contributed by atoms with van der Waals surface area (Å²) < 4.78 is 15.7. The quantitative estimate of drug-likeness (QED) is 0.660. The molecule has 0 aliphatic heterocycles. The molecule has 1 aromatic carbocycles. The van der Waals surface area contributed by atoms with Crippen molar-refractivity contribution in [2.75, 3.05) is 47.6 Å². The number of rotatable bonds is 10. The van der Waals surface area contributed by atoms with Crippen LogP contribution in [0.4, 0.5) is 0 Å². The fraction of sp³-hybridized carbons (Fsp3) is 0.533. The van der Waals surface area contributed by atoms with Crippen molar-refractivity contribution in [3.05, 3.63) is 29.3 Å². The van der Waals surface area contributed by atoms with Crippen molar-refractivity contribution in [1.82, 2.24) is 4.90 Å². The lowest BCUT2D eigenvalue weighted by molar-refractivity contribution is 0.110. The maximum Gasteiger partial charge on any atom is 0.123 e. The average molecular weight is 312 g/mol. The highest BCUT2D eigenvalue weighted by atomic mass is 32.1. The second-order valence-electron chi connectivity index (χ2n) is 4.65. The van der Waals surface area contributed by atoms with E-state index in [0.717, 1.165) is 36.5 Å². The molecule has 118 valence electrons. The molecule has 0 fully saturated rings. The summed E-state index contributed by atoms with van der Waals surface area (Å²) in [4.78, 5) is 2.63. The van der Waals surface area contributed by atoms with Crippen LogP contribution < -0.4 is 10.5 Å². The highest BCUT2D eigenvalue weighted by Crippen LogP contribution is 2.21. The van der Waals surface area contributed by atoms with Crippen LogP contribution >= 0.6 is 12.2 Å². The van der Waals surface area contributed by atoms with E-state index in [1.54, 1.807) is 21.3 Å². The second-order valence-corrected chi connectivity index (χ2v) is 5.09. The SMILES string of the molecule is COCCN(CCOC)Cc1cc(C(N)=S)ccc1OC. The highest BCUT2D eigenvalue weighted by Gasteiger charge is 2.11. The molecule has 0 aliphatic rings. The summed E-state index contributed by atoms with van der Waals surface area (Å²) in [7, 11) is 5.05. The standard InChI is InChI=1S/C15H24N2O3S/c1-18-8-6-17(7-9-19-2)11-13-10-12(15(16)21)4-5-14(13)20-3/h4-5,10H,6-9,11H2,1-3H3,(H2,16,21). The number of hydrogen-bond acceptors (Lipinski definition) is 5. The molecule has 5 nitrogen and oxygen atoms in total. The molecule has 0 atom stereocenters. The van der Waals surface area contributed by atoms with Crippen molar-refractivity contribution in [2.45, 2.75) is 6.54 Å². The summed E-state index contributed by atoms with van der Waals surface area (Å²) in [5, 5.41) is 0. The predicted octanol–water partition coefficient (Wildman–Crippen LogP) is 1.42. The lowest BCUT2D eigenvalue weighted by Crippen LogP contribution is -2.30. The van der Waals surface area contributed by atoms with Crippen molar-refractivity contribution in [2.24, 2.45) is 5.73 Å². The van der Waals surface area contributed by atoms with Gasteiger partial charge in [-0.3, -0.25) is 4.90 Å². The van der Waals surface area contributed by atoms with Gasteiger partial charge in [0.25, 0.3) is 0 Å². The molecule has 0 saturated carbocycles. The van der Waals surface area contributed by atoms with Crippen molar-refractivity contribution >= 4 is 17.2 Å². The Kier molecular flexibility index (Phi) is 8.22. The van der Waals surface area contributed by atoms with E-state index in [4.69, 9.17) is 32.2 Å². The first-order valence-corrected chi connectivity index (χ1v) is 7.20. The Balaban J connectivity index is 2.88. The maximum atomic E-state index is 5.70. The zero-order valence-electron chi connectivity index (χ0n) is 12.9. The van der Waals surface area contributed by atoms with E-state index in [-0.39, 0.29) is 0 Å². The second kappa shape index (κ2) is 9.68. The fourth-order valence-electron chi connectivity index (χ4n) is 2.01. The molecule has 1 aromatic rings. The molecule has 0 bridgehead atoms. The Labute approximate surface area is 132 Å². The Morgan fingerprint density at radius 3 is 2.24 bits per heavy atom. The number of thiocarbonyl (C=S) groups is 1. The van der Waals surface area contributed by atoms with Gasteiger partial charge in [0.15, 0.2) is 0 Å². The minimum atomic E-state index is 0.388. The zero-order chi connectivity index (χ0) is 15.7. The van der Waals surface area contributed by atoms with Crippen LogP contribution in [-0.2, 0) is 16.0 Å². The number of hydrogen-bond donors (Lipinski definition) is 1. The topological polar surface area (TPSA) is 57.0 Å². The van der Waals surface area contributed by atoms with Gasteiger partial charge in [-0.25, -0.2) is 0 Å². The van der Waals surface area contributed by atoms with E-state index in [9.17, 15) is 0 Å². The molecule has 0 saturated heterocycles. The molecule has 0 heterocycles. The summed E-state index contributed by atoms with van der Waals surface area (Å²) in [5.41, 5.74) is 7.60. The minimum absolute atomic E-state index is 0.388. The largest absolute Gasteiger partial charge is 0.496 e. The summed E-state index contributed by atoms with van der Waals surface area (Å²) in [6.45, 7) is 3.70. The first-order chi connectivity index (χ1) is 10.1. The Hall–Kier alpha value is -1.21. The van der Waals surface area contributed by atoms with E-state index in [0.29, 0.717) is 18.2 Å². The van der Waals surface area contributed by atoms with Gasteiger partial charge < -0.3 is 19.9 Å². The summed E-state index contributed by atoms with van der Waals surface area (Å²) >= 11 is 5.04. The van der Waals surface area contributed by atoms with Crippen LogP contribution in [0.15, 0.2) is 18.2 Å². The van der Waals surface area contributed by atoms with Gasteiger partial charge in [0, 0.05) is 45.0 Å². The van der Waals surface area contributed by atoms with Crippen LogP contribution in [0.5, 0.6) is 5.75 Å². The van der Waals surface area contributed by atoms with E-state index >= 15 is 0 Å². The maximum absolute atomic E-state index is 5.70. The van der Waals surface area contributed by atoms with Gasteiger partial charge in [0.1, 0.15) is 10.7 Å². The van der Waals surface area contributed by atoms with Gasteiger partial charge in [0.05, 0.1) is 20.3 Å². The van der Waals surface area contributed by atoms with Crippen LogP contribution in [-0.4, -0.2) is 57.5 Å². The molecule has 0 aromatic heterocycles. The minimum Gasteiger partial charge on any atom is -0.496 e. The van der Waals surface area contributed by atoms with Crippen LogP contribution in [0.2, 0.25) is 0 Å². The van der Waals surface area contributed by atoms with Gasteiger partial charge in [-0.1, -0.05) is 12.2 Å². The number of methoxy groups -OCH3 is 3. The summed E-state index contributed by atoms with van der Waals surface area (Å²) in [6.07, 6.45) is 0. The first kappa shape index (κ1) is 17.8. The molecule has 0 spiro atoms. The third-order valence-corrected chi connectivity index (χ3v) is 3.42. The lowest BCUT2D eigenvalue weighted by atomic mass is 10.1. The average Bonchev–Trinajstić information content (AvgIpc) is 2.49. The third-order valence-electron chi connectivity index (χ3n) is 3.18. The van der Waals surface area contributed by atoms with Gasteiger partial charge >= 0.3 is 0 Å². The number of benzene rings is 1. The van der Waals surface area contributed by atoms with Crippen LogP contribution in [0, 0.1) is 0 Å². The first-order valence-electron chi connectivity index (χ1n) is 6.79. The zero-order valence-corrected chi connectivity index (χ0v) is 13.7. The molecule has 0 unspecified atom stereocenters. The fourth-order valence-corrected chi connectivity index (χ4v) is 2.13. The monoisotopic (exact) mass is 312 g/mol. The third kappa shape index (κ3) is 5.97. The van der Waals surface area contributed by atoms with Gasteiger partial charge in [-0.05, 0) is 18.2 Å². The molecule has 21 heavy (non-hydrogen) atoms. The van der Waals surface area contributed by atoms with Crippen LogP contribution in [0.1, 0.15) is 11.1 Å². The molecule has 0 amide bonds. The van der Waals surface area contributed by atoms with Crippen molar-refractivity contribution in [3.63, 3.8) is 0 Å². The van der Waals surface area contributed by atoms with E-state index in [2.05, 4.69) is 4.90 Å². The summed E-state index contributed by atoms with van der Waals surface area (Å²) in [5.74, 6) is 0.829. The van der Waals surface area contributed by atoms with Crippen molar-refractivity contribution < 1.29 is 14.2 Å². The predicted molar refractivity (Wildman–Crippen MR) is 87.9 cm³/mol. The number of nitrogens with zero attached hydrogens (tertiary/aromatic N) is 1. The highest BCUT2D eigenvalue weighted by molar-refractivity contribution is 7.80. The Morgan fingerprint density at radius 2 is 1.76 bits per heavy atom. The Bertz CT molecular complexity index is 447. The van der Waals surface area contributed by atoms with Crippen molar-refractivity contribution in [1.29, 1.82) is 0 Å². The molecule has 2 N–H and O–H groups in total. The molecule has 0 aliphatic carbocycles. The molecule has 0 radical (unpaired) electrons. The normalized spacial score (nSPS) is 10.9. The Morgan fingerprint density at radius 1 is 1.14 bits per heavy atom. The molecule has 6 heteroatoms. The number of nitrogens with two attached hydrogens (primary N) is 1. The molecule has 1 rings (SSSR count). The number of ether oxygens (including phenoxy) is 3.